The van der Waals surface area contributed by atoms with Crippen LogP contribution in [-0.2, 0) is 23.2 Å². The van der Waals surface area contributed by atoms with Gasteiger partial charge in [0.2, 0.25) is 0 Å². The van der Waals surface area contributed by atoms with E-state index in [0.717, 1.165) is 5.56 Å². The first kappa shape index (κ1) is 19.5. The van der Waals surface area contributed by atoms with Crippen LogP contribution in [0.2, 0.25) is 0 Å². The fourth-order valence-electron chi connectivity index (χ4n) is 3.87. The number of aliphatic hydroxyl groups is 1. The summed E-state index contributed by atoms with van der Waals surface area (Å²) in [5.41, 5.74) is 3.20. The monoisotopic (exact) mass is 403 g/mol. The average Bonchev–Trinajstić information content (AvgIpc) is 3.15. The van der Waals surface area contributed by atoms with Crippen molar-refractivity contribution in [1.82, 2.24) is 24.6 Å². The van der Waals surface area contributed by atoms with E-state index >= 15 is 0 Å². The fourth-order valence-corrected chi connectivity index (χ4v) is 3.87. The number of likely N-dealkylation sites (tertiary alicyclic amines) is 1. The molecule has 1 aliphatic heterocycles. The number of hydrogen-bond donors (Lipinski definition) is 1. The Hall–Kier alpha value is -3.81. The van der Waals surface area contributed by atoms with Crippen LogP contribution >= 0.6 is 0 Å². The Labute approximate surface area is 173 Å². The molecule has 4 heterocycles. The molecular formula is C22H21N5O3. The van der Waals surface area contributed by atoms with Crippen molar-refractivity contribution < 1.29 is 14.7 Å². The van der Waals surface area contributed by atoms with E-state index in [-0.39, 0.29) is 17.9 Å². The molecule has 0 saturated carbocycles. The molecule has 1 atom stereocenters. The molecule has 1 fully saturated rings. The number of ketones is 1. The lowest BCUT2D eigenvalue weighted by molar-refractivity contribution is -0.140. The number of aryl methyl sites for hydroxylation is 2. The van der Waals surface area contributed by atoms with E-state index in [1.54, 1.807) is 68.6 Å². The summed E-state index contributed by atoms with van der Waals surface area (Å²) in [5.74, 6) is -1.62. The maximum atomic E-state index is 13.1. The smallest absolute Gasteiger partial charge is 0.295 e. The van der Waals surface area contributed by atoms with Gasteiger partial charge in [0.1, 0.15) is 5.76 Å². The molecule has 0 bridgehead atoms. The molecule has 3 aromatic rings. The van der Waals surface area contributed by atoms with Gasteiger partial charge in [-0.1, -0.05) is 12.1 Å². The highest BCUT2D eigenvalue weighted by molar-refractivity contribution is 6.46. The summed E-state index contributed by atoms with van der Waals surface area (Å²) in [6, 6.07) is 6.36. The Kier molecular flexibility index (Phi) is 4.91. The SMILES string of the molecule is Cc1nn(C)c(C)c1/C(O)=C1\C(=O)C(=O)N(Cc2cccnc2)[C@@H]1c1cccnc1. The summed E-state index contributed by atoms with van der Waals surface area (Å²) in [4.78, 5) is 35.7. The molecule has 8 heteroatoms. The van der Waals surface area contributed by atoms with E-state index in [0.29, 0.717) is 22.5 Å². The predicted octanol–water partition coefficient (Wildman–Crippen LogP) is 2.45. The molecule has 30 heavy (non-hydrogen) atoms. The lowest BCUT2D eigenvalue weighted by atomic mass is 9.95. The number of carbonyl (C=O) groups is 2. The van der Waals surface area contributed by atoms with Gasteiger partial charge in [0.15, 0.2) is 0 Å². The molecule has 152 valence electrons. The average molecular weight is 403 g/mol. The summed E-state index contributed by atoms with van der Waals surface area (Å²) in [7, 11) is 1.76. The first-order valence-electron chi connectivity index (χ1n) is 9.48. The Balaban J connectivity index is 1.90. The molecule has 1 saturated heterocycles. The Bertz CT molecular complexity index is 1150. The van der Waals surface area contributed by atoms with Crippen molar-refractivity contribution in [2.45, 2.75) is 26.4 Å². The van der Waals surface area contributed by atoms with Crippen LogP contribution in [0.1, 0.15) is 34.1 Å². The zero-order chi connectivity index (χ0) is 21.4. The third-order valence-corrected chi connectivity index (χ3v) is 5.36. The van der Waals surface area contributed by atoms with Crippen LogP contribution in [0.5, 0.6) is 0 Å². The second-order valence-corrected chi connectivity index (χ2v) is 7.24. The normalized spacial score (nSPS) is 18.2. The number of pyridine rings is 2. The van der Waals surface area contributed by atoms with Gasteiger partial charge >= 0.3 is 0 Å². The van der Waals surface area contributed by atoms with Gasteiger partial charge in [-0.3, -0.25) is 24.2 Å². The molecule has 0 spiro atoms. The van der Waals surface area contributed by atoms with Crippen molar-refractivity contribution in [2.24, 2.45) is 7.05 Å². The maximum Gasteiger partial charge on any atom is 0.295 e. The fraction of sp³-hybridized carbons (Fsp3) is 0.227. The number of Topliss-reactive ketones (excluding diaryl/α,β-unsaturated/α-hetero) is 1. The van der Waals surface area contributed by atoms with Crippen LogP contribution in [0.4, 0.5) is 0 Å². The number of amides is 1. The Morgan fingerprint density at radius 1 is 1.10 bits per heavy atom. The van der Waals surface area contributed by atoms with Crippen molar-refractivity contribution in [1.29, 1.82) is 0 Å². The minimum Gasteiger partial charge on any atom is -0.507 e. The summed E-state index contributed by atoms with van der Waals surface area (Å²) >= 11 is 0. The van der Waals surface area contributed by atoms with E-state index in [9.17, 15) is 14.7 Å². The first-order chi connectivity index (χ1) is 14.4. The lowest BCUT2D eigenvalue weighted by Crippen LogP contribution is -2.29. The van der Waals surface area contributed by atoms with Crippen LogP contribution in [0.3, 0.4) is 0 Å². The van der Waals surface area contributed by atoms with Crippen LogP contribution < -0.4 is 0 Å². The van der Waals surface area contributed by atoms with Gasteiger partial charge < -0.3 is 10.0 Å². The van der Waals surface area contributed by atoms with Gasteiger partial charge in [0.25, 0.3) is 11.7 Å². The third kappa shape index (κ3) is 3.16. The van der Waals surface area contributed by atoms with E-state index < -0.39 is 17.7 Å². The molecule has 0 unspecified atom stereocenters. The summed E-state index contributed by atoms with van der Waals surface area (Å²) in [5, 5.41) is 15.5. The summed E-state index contributed by atoms with van der Waals surface area (Å²) in [6.07, 6.45) is 6.51. The molecule has 0 radical (unpaired) electrons. The number of rotatable bonds is 4. The highest BCUT2D eigenvalue weighted by Gasteiger charge is 2.46. The van der Waals surface area contributed by atoms with Crippen LogP contribution in [0.15, 0.2) is 54.6 Å². The van der Waals surface area contributed by atoms with Gasteiger partial charge in [-0.25, -0.2) is 0 Å². The molecule has 4 rings (SSSR count). The van der Waals surface area contributed by atoms with Crippen LogP contribution in [0.25, 0.3) is 5.76 Å². The maximum absolute atomic E-state index is 13.1. The number of nitrogens with zero attached hydrogens (tertiary/aromatic N) is 5. The highest BCUT2D eigenvalue weighted by Crippen LogP contribution is 2.40. The molecule has 1 N–H and O–H groups in total. The zero-order valence-corrected chi connectivity index (χ0v) is 16.9. The van der Waals surface area contributed by atoms with Gasteiger partial charge in [0.05, 0.1) is 22.9 Å². The van der Waals surface area contributed by atoms with Crippen molar-refractivity contribution in [3.8, 4) is 0 Å². The second kappa shape index (κ2) is 7.55. The zero-order valence-electron chi connectivity index (χ0n) is 16.9. The van der Waals surface area contributed by atoms with Crippen LogP contribution in [-0.4, -0.2) is 41.4 Å². The summed E-state index contributed by atoms with van der Waals surface area (Å²) < 4.78 is 1.63. The number of aromatic nitrogens is 4. The number of hydrogen-bond acceptors (Lipinski definition) is 6. The van der Waals surface area contributed by atoms with Gasteiger partial charge in [-0.05, 0) is 37.1 Å². The van der Waals surface area contributed by atoms with E-state index in [4.69, 9.17) is 0 Å². The largest absolute Gasteiger partial charge is 0.507 e. The minimum absolute atomic E-state index is 0.0380. The van der Waals surface area contributed by atoms with Crippen LogP contribution in [0, 0.1) is 13.8 Å². The number of aliphatic hydroxyl groups excluding tert-OH is 1. The quantitative estimate of drug-likeness (QED) is 0.408. The van der Waals surface area contributed by atoms with Gasteiger partial charge in [0, 0.05) is 44.1 Å². The minimum atomic E-state index is -0.766. The standard InChI is InChI=1S/C22H21N5O3/c1-13-17(14(2)26(3)25-13)20(28)18-19(16-7-5-9-24-11-16)27(22(30)21(18)29)12-15-6-4-8-23-10-15/h4-11,19,28H,12H2,1-3H3/b20-18+/t19-/m1/s1. The lowest BCUT2D eigenvalue weighted by Gasteiger charge is -2.25. The van der Waals surface area contributed by atoms with Crippen molar-refractivity contribution in [3.05, 3.63) is 82.7 Å². The molecule has 1 amide bonds. The molecule has 1 aliphatic rings. The predicted molar refractivity (Wildman–Crippen MR) is 109 cm³/mol. The number of carbonyl (C=O) groups excluding carboxylic acids is 2. The van der Waals surface area contributed by atoms with Crippen molar-refractivity contribution in [3.63, 3.8) is 0 Å². The molecule has 3 aromatic heterocycles. The molecular weight excluding hydrogens is 382 g/mol. The van der Waals surface area contributed by atoms with Crippen molar-refractivity contribution in [2.75, 3.05) is 0 Å². The van der Waals surface area contributed by atoms with Gasteiger partial charge in [-0.2, -0.15) is 5.10 Å². The Morgan fingerprint density at radius 3 is 2.37 bits per heavy atom. The second-order valence-electron chi connectivity index (χ2n) is 7.24. The molecule has 0 aliphatic carbocycles. The van der Waals surface area contributed by atoms with E-state index in [1.807, 2.05) is 6.07 Å². The van der Waals surface area contributed by atoms with Gasteiger partial charge in [-0.15, -0.1) is 0 Å². The van der Waals surface area contributed by atoms with E-state index in [2.05, 4.69) is 15.1 Å². The first-order valence-corrected chi connectivity index (χ1v) is 9.48. The topological polar surface area (TPSA) is 101 Å². The van der Waals surface area contributed by atoms with E-state index in [1.165, 1.54) is 4.90 Å². The summed E-state index contributed by atoms with van der Waals surface area (Å²) in [6.45, 7) is 3.74. The molecule has 0 aromatic carbocycles. The van der Waals surface area contributed by atoms with Crippen molar-refractivity contribution >= 4 is 17.4 Å². The molecule has 8 nitrogen and oxygen atoms in total. The highest BCUT2D eigenvalue weighted by atomic mass is 16.3. The third-order valence-electron chi connectivity index (χ3n) is 5.36. The Morgan fingerprint density at radius 2 is 1.80 bits per heavy atom.